The number of nitrogens with two attached hydrogens (primary N) is 1. The Kier molecular flexibility index (Phi) is 4.67. The number of nitrogen functional groups attached to an aromatic ring is 1. The van der Waals surface area contributed by atoms with Gasteiger partial charge in [-0.25, -0.2) is 8.42 Å². The fourth-order valence-electron chi connectivity index (χ4n) is 2.42. The van der Waals surface area contributed by atoms with Crippen LogP contribution in [-0.2, 0) is 21.2 Å². The Morgan fingerprint density at radius 1 is 1.45 bits per heavy atom. The smallest absolute Gasteiger partial charge is 0.243 e. The van der Waals surface area contributed by atoms with Crippen LogP contribution >= 0.6 is 0 Å². The van der Waals surface area contributed by atoms with Crippen LogP contribution in [0.4, 0.5) is 5.69 Å². The van der Waals surface area contributed by atoms with E-state index in [-0.39, 0.29) is 6.10 Å². The number of hydrogen-bond acceptors (Lipinski definition) is 4. The molecule has 6 heteroatoms. The van der Waals surface area contributed by atoms with Gasteiger partial charge in [-0.3, -0.25) is 0 Å². The molecule has 1 aliphatic heterocycles. The summed E-state index contributed by atoms with van der Waals surface area (Å²) in [4.78, 5) is 0.328. The van der Waals surface area contributed by atoms with Crippen LogP contribution in [0.5, 0.6) is 0 Å². The van der Waals surface area contributed by atoms with Gasteiger partial charge >= 0.3 is 0 Å². The average Bonchev–Trinajstić information content (AvgIpc) is 2.64. The number of rotatable bonds is 3. The van der Waals surface area contributed by atoms with Gasteiger partial charge in [-0.2, -0.15) is 4.31 Å². The van der Waals surface area contributed by atoms with Crippen molar-refractivity contribution < 1.29 is 13.2 Å². The Balaban J connectivity index is 2.41. The summed E-state index contributed by atoms with van der Waals surface area (Å²) < 4.78 is 32.7. The second-order valence-electron chi connectivity index (χ2n) is 5.12. The first-order valence-corrected chi connectivity index (χ1v) is 8.39. The number of benzene rings is 1. The molecule has 112 valence electrons. The van der Waals surface area contributed by atoms with E-state index in [2.05, 4.69) is 0 Å². The maximum Gasteiger partial charge on any atom is 0.243 e. The minimum absolute atomic E-state index is 0.0848. The predicted molar refractivity (Wildman–Crippen MR) is 79.0 cm³/mol. The number of sulfonamides is 1. The maximum absolute atomic E-state index is 12.8. The van der Waals surface area contributed by atoms with Crippen molar-refractivity contribution in [2.45, 2.75) is 37.7 Å². The van der Waals surface area contributed by atoms with E-state index in [1.165, 1.54) is 4.31 Å². The van der Waals surface area contributed by atoms with Crippen LogP contribution < -0.4 is 5.73 Å². The zero-order valence-electron chi connectivity index (χ0n) is 12.0. The Hall–Kier alpha value is -1.11. The van der Waals surface area contributed by atoms with Crippen molar-refractivity contribution in [2.24, 2.45) is 0 Å². The molecule has 2 N–H and O–H groups in total. The van der Waals surface area contributed by atoms with Crippen LogP contribution in [-0.4, -0.2) is 38.5 Å². The monoisotopic (exact) mass is 298 g/mol. The van der Waals surface area contributed by atoms with Crippen LogP contribution in [0.3, 0.4) is 0 Å². The number of ether oxygens (including phenoxy) is 1. The molecule has 1 aromatic carbocycles. The third-order valence-corrected chi connectivity index (χ3v) is 5.45. The van der Waals surface area contributed by atoms with Gasteiger partial charge in [0.15, 0.2) is 0 Å². The lowest BCUT2D eigenvalue weighted by atomic mass is 10.1. The second kappa shape index (κ2) is 6.11. The summed E-state index contributed by atoms with van der Waals surface area (Å²) in [5, 5.41) is 0. The lowest BCUT2D eigenvalue weighted by molar-refractivity contribution is 0.0752. The Labute approximate surface area is 120 Å². The van der Waals surface area contributed by atoms with Gasteiger partial charge in [0.05, 0.1) is 11.0 Å². The zero-order chi connectivity index (χ0) is 14.8. The van der Waals surface area contributed by atoms with E-state index in [1.54, 1.807) is 18.2 Å². The molecule has 1 aliphatic rings. The third kappa shape index (κ3) is 3.13. The Bertz CT molecular complexity index is 572. The van der Waals surface area contributed by atoms with Crippen LogP contribution in [0.2, 0.25) is 0 Å². The summed E-state index contributed by atoms with van der Waals surface area (Å²) in [5.74, 6) is 0. The van der Waals surface area contributed by atoms with Crippen molar-refractivity contribution in [1.29, 1.82) is 0 Å². The maximum atomic E-state index is 12.8. The first-order chi connectivity index (χ1) is 9.45. The van der Waals surface area contributed by atoms with Gasteiger partial charge in [0.2, 0.25) is 10.0 Å². The molecule has 2 rings (SSSR count). The van der Waals surface area contributed by atoms with Gasteiger partial charge in [-0.1, -0.05) is 13.0 Å². The van der Waals surface area contributed by atoms with Crippen molar-refractivity contribution in [2.75, 3.05) is 25.4 Å². The van der Waals surface area contributed by atoms with Gasteiger partial charge in [-0.05, 0) is 37.5 Å². The molecule has 1 atom stereocenters. The molecule has 0 aromatic heterocycles. The Morgan fingerprint density at radius 2 is 2.20 bits per heavy atom. The van der Waals surface area contributed by atoms with E-state index < -0.39 is 10.0 Å². The topological polar surface area (TPSA) is 72.6 Å². The number of aryl methyl sites for hydroxylation is 1. The molecule has 1 unspecified atom stereocenters. The van der Waals surface area contributed by atoms with Gasteiger partial charge in [0.1, 0.15) is 0 Å². The summed E-state index contributed by atoms with van der Waals surface area (Å²) in [5.41, 5.74) is 7.03. The van der Waals surface area contributed by atoms with Gasteiger partial charge < -0.3 is 10.5 Å². The predicted octanol–water partition coefficient (Wildman–Crippen LogP) is 1.63. The summed E-state index contributed by atoms with van der Waals surface area (Å²) in [6.07, 6.45) is 1.29. The first kappa shape index (κ1) is 15.3. The van der Waals surface area contributed by atoms with Crippen LogP contribution in [0.25, 0.3) is 0 Å². The normalized spacial score (nSPS) is 21.6. The molecule has 1 heterocycles. The standard InChI is InChI=1S/C14H22N2O3S/c1-3-12-5-6-13(15)9-14(12)20(17,18)16-7-4-8-19-11(2)10-16/h5-6,9,11H,3-4,7-8,10,15H2,1-2H3. The molecule has 0 aliphatic carbocycles. The summed E-state index contributed by atoms with van der Waals surface area (Å²) >= 11 is 0. The van der Waals surface area contributed by atoms with Crippen LogP contribution in [0, 0.1) is 0 Å². The largest absolute Gasteiger partial charge is 0.399 e. The van der Waals surface area contributed by atoms with Gasteiger partial charge in [-0.15, -0.1) is 0 Å². The lowest BCUT2D eigenvalue weighted by Crippen LogP contribution is -2.36. The molecule has 1 saturated heterocycles. The lowest BCUT2D eigenvalue weighted by Gasteiger charge is -2.23. The Morgan fingerprint density at radius 3 is 2.90 bits per heavy atom. The molecule has 0 bridgehead atoms. The number of anilines is 1. The van der Waals surface area contributed by atoms with Gasteiger partial charge in [0, 0.05) is 25.4 Å². The molecular formula is C14H22N2O3S. The molecular weight excluding hydrogens is 276 g/mol. The summed E-state index contributed by atoms with van der Waals surface area (Å²) in [7, 11) is -3.51. The highest BCUT2D eigenvalue weighted by Gasteiger charge is 2.29. The molecule has 0 spiro atoms. The van der Waals surface area contributed by atoms with Crippen molar-refractivity contribution in [3.63, 3.8) is 0 Å². The fraction of sp³-hybridized carbons (Fsp3) is 0.571. The number of nitrogens with zero attached hydrogens (tertiary/aromatic N) is 1. The molecule has 0 saturated carbocycles. The molecule has 1 fully saturated rings. The molecule has 20 heavy (non-hydrogen) atoms. The van der Waals surface area contributed by atoms with E-state index in [0.717, 1.165) is 5.56 Å². The van der Waals surface area contributed by atoms with E-state index in [4.69, 9.17) is 10.5 Å². The van der Waals surface area contributed by atoms with Crippen molar-refractivity contribution in [1.82, 2.24) is 4.31 Å². The van der Waals surface area contributed by atoms with E-state index in [0.29, 0.717) is 43.1 Å². The van der Waals surface area contributed by atoms with Crippen LogP contribution in [0.1, 0.15) is 25.8 Å². The van der Waals surface area contributed by atoms with Crippen molar-refractivity contribution >= 4 is 15.7 Å². The van der Waals surface area contributed by atoms with E-state index in [1.807, 2.05) is 13.8 Å². The zero-order valence-corrected chi connectivity index (χ0v) is 12.8. The number of hydrogen-bond donors (Lipinski definition) is 1. The minimum Gasteiger partial charge on any atom is -0.399 e. The average molecular weight is 298 g/mol. The van der Waals surface area contributed by atoms with Crippen LogP contribution in [0.15, 0.2) is 23.1 Å². The van der Waals surface area contributed by atoms with E-state index >= 15 is 0 Å². The molecule has 0 radical (unpaired) electrons. The molecule has 1 aromatic rings. The third-order valence-electron chi connectivity index (χ3n) is 3.50. The first-order valence-electron chi connectivity index (χ1n) is 6.95. The minimum atomic E-state index is -3.51. The highest BCUT2D eigenvalue weighted by Crippen LogP contribution is 2.25. The summed E-state index contributed by atoms with van der Waals surface area (Å²) in [6.45, 7) is 5.32. The molecule has 5 nitrogen and oxygen atoms in total. The van der Waals surface area contributed by atoms with Crippen molar-refractivity contribution in [3.05, 3.63) is 23.8 Å². The van der Waals surface area contributed by atoms with Crippen molar-refractivity contribution in [3.8, 4) is 0 Å². The SMILES string of the molecule is CCc1ccc(N)cc1S(=O)(=O)N1CCCOC(C)C1. The molecule has 0 amide bonds. The quantitative estimate of drug-likeness (QED) is 0.861. The highest BCUT2D eigenvalue weighted by atomic mass is 32.2. The highest BCUT2D eigenvalue weighted by molar-refractivity contribution is 7.89. The second-order valence-corrected chi connectivity index (χ2v) is 7.03. The summed E-state index contributed by atoms with van der Waals surface area (Å²) in [6, 6.07) is 5.09. The van der Waals surface area contributed by atoms with E-state index in [9.17, 15) is 8.42 Å². The fourth-order valence-corrected chi connectivity index (χ4v) is 4.30. The van der Waals surface area contributed by atoms with Gasteiger partial charge in [0.25, 0.3) is 0 Å².